The van der Waals surface area contributed by atoms with Gasteiger partial charge in [-0.15, -0.1) is 11.6 Å². The number of halogens is 1. The summed E-state index contributed by atoms with van der Waals surface area (Å²) < 4.78 is 5.15. The topological polar surface area (TPSA) is 9.23 Å². The molecule has 1 rings (SSSR count). The van der Waals surface area contributed by atoms with Gasteiger partial charge in [0.05, 0.1) is 6.10 Å². The van der Waals surface area contributed by atoms with Crippen LogP contribution in [0, 0.1) is 6.07 Å². The molecule has 1 unspecified atom stereocenters. The monoisotopic (exact) mass is 183 g/mol. The van der Waals surface area contributed by atoms with Gasteiger partial charge in [-0.05, 0) is 11.6 Å². The van der Waals surface area contributed by atoms with E-state index in [2.05, 4.69) is 6.07 Å². The third-order valence-corrected chi connectivity index (χ3v) is 2.07. The summed E-state index contributed by atoms with van der Waals surface area (Å²) in [6, 6.07) is 11.0. The molecule has 1 radical (unpaired) electrons. The summed E-state index contributed by atoms with van der Waals surface area (Å²) in [5.74, 6) is 0.527. The number of methoxy groups -OCH3 is 1. The molecule has 12 heavy (non-hydrogen) atoms. The van der Waals surface area contributed by atoms with E-state index in [1.165, 1.54) is 0 Å². The quantitative estimate of drug-likeness (QED) is 0.651. The largest absolute Gasteiger partial charge is 0.380 e. The Morgan fingerprint density at radius 2 is 2.42 bits per heavy atom. The lowest BCUT2D eigenvalue weighted by atomic mass is 10.1. The van der Waals surface area contributed by atoms with Crippen molar-refractivity contribution in [3.05, 3.63) is 35.9 Å². The molecule has 1 atom stereocenters. The van der Waals surface area contributed by atoms with Crippen LogP contribution >= 0.6 is 11.6 Å². The third-order valence-electron chi connectivity index (χ3n) is 1.73. The van der Waals surface area contributed by atoms with Crippen molar-refractivity contribution in [2.75, 3.05) is 13.0 Å². The van der Waals surface area contributed by atoms with Gasteiger partial charge >= 0.3 is 0 Å². The van der Waals surface area contributed by atoms with E-state index in [0.29, 0.717) is 5.88 Å². The zero-order valence-electron chi connectivity index (χ0n) is 7.09. The molecule has 0 bridgehead atoms. The van der Waals surface area contributed by atoms with Gasteiger partial charge in [-0.1, -0.05) is 24.3 Å². The fourth-order valence-electron chi connectivity index (χ4n) is 1.00. The predicted octanol–water partition coefficient (Wildman–Crippen LogP) is 2.28. The molecular weight excluding hydrogens is 172 g/mol. The second-order valence-electron chi connectivity index (χ2n) is 2.60. The number of ether oxygens (including phenoxy) is 1. The minimum absolute atomic E-state index is 0.102. The average Bonchev–Trinajstić information content (AvgIpc) is 2.16. The molecule has 2 heteroatoms. The van der Waals surface area contributed by atoms with Crippen molar-refractivity contribution in [1.29, 1.82) is 0 Å². The van der Waals surface area contributed by atoms with Crippen molar-refractivity contribution in [3.63, 3.8) is 0 Å². The molecule has 0 saturated carbocycles. The molecule has 0 saturated heterocycles. The van der Waals surface area contributed by atoms with Crippen molar-refractivity contribution in [3.8, 4) is 0 Å². The predicted molar refractivity (Wildman–Crippen MR) is 50.5 cm³/mol. The van der Waals surface area contributed by atoms with Crippen LogP contribution in [0.3, 0.4) is 0 Å². The first-order valence-electron chi connectivity index (χ1n) is 3.91. The Kier molecular flexibility index (Phi) is 4.12. The second-order valence-corrected chi connectivity index (χ2v) is 2.91. The Balaban J connectivity index is 2.51. The van der Waals surface area contributed by atoms with E-state index in [1.807, 2.05) is 24.3 Å². The minimum Gasteiger partial charge on any atom is -0.380 e. The highest BCUT2D eigenvalue weighted by molar-refractivity contribution is 6.18. The fraction of sp³-hybridized carbons (Fsp3) is 0.400. The van der Waals surface area contributed by atoms with Gasteiger partial charge in [0.1, 0.15) is 0 Å². The van der Waals surface area contributed by atoms with Crippen molar-refractivity contribution < 1.29 is 4.74 Å². The summed E-state index contributed by atoms with van der Waals surface area (Å²) in [7, 11) is 1.68. The molecule has 1 nitrogen and oxygen atoms in total. The molecule has 0 spiro atoms. The molecular formula is C10H12ClO. The van der Waals surface area contributed by atoms with Gasteiger partial charge in [0.2, 0.25) is 0 Å². The Morgan fingerprint density at radius 1 is 1.58 bits per heavy atom. The van der Waals surface area contributed by atoms with Crippen LogP contribution in [-0.2, 0) is 11.2 Å². The van der Waals surface area contributed by atoms with Gasteiger partial charge in [0.25, 0.3) is 0 Å². The maximum Gasteiger partial charge on any atom is 0.0747 e. The van der Waals surface area contributed by atoms with Crippen LogP contribution in [-0.4, -0.2) is 19.1 Å². The van der Waals surface area contributed by atoms with Crippen LogP contribution in [0.4, 0.5) is 0 Å². The van der Waals surface area contributed by atoms with Crippen LogP contribution in [0.15, 0.2) is 24.3 Å². The third kappa shape index (κ3) is 2.84. The number of benzene rings is 1. The maximum atomic E-state index is 5.68. The zero-order chi connectivity index (χ0) is 8.81. The van der Waals surface area contributed by atoms with Crippen molar-refractivity contribution >= 4 is 11.6 Å². The summed E-state index contributed by atoms with van der Waals surface area (Å²) in [6.07, 6.45) is 0.936. The minimum atomic E-state index is 0.102. The maximum absolute atomic E-state index is 5.68. The van der Waals surface area contributed by atoms with E-state index < -0.39 is 0 Å². The molecule has 0 amide bonds. The lowest BCUT2D eigenvalue weighted by Crippen LogP contribution is -2.15. The lowest BCUT2D eigenvalue weighted by Gasteiger charge is -2.10. The van der Waals surface area contributed by atoms with Gasteiger partial charge in [0, 0.05) is 19.4 Å². The normalized spacial score (nSPS) is 12.8. The highest BCUT2D eigenvalue weighted by Crippen LogP contribution is 2.05. The Hall–Kier alpha value is -0.530. The van der Waals surface area contributed by atoms with E-state index >= 15 is 0 Å². The van der Waals surface area contributed by atoms with Gasteiger partial charge in [-0.3, -0.25) is 0 Å². The van der Waals surface area contributed by atoms with Gasteiger partial charge < -0.3 is 4.74 Å². The molecule has 0 heterocycles. The highest BCUT2D eigenvalue weighted by Gasteiger charge is 2.05. The van der Waals surface area contributed by atoms with E-state index in [4.69, 9.17) is 16.3 Å². The summed E-state index contributed by atoms with van der Waals surface area (Å²) in [5, 5.41) is 0. The molecule has 0 fully saturated rings. The van der Waals surface area contributed by atoms with Crippen molar-refractivity contribution in [2.24, 2.45) is 0 Å². The Labute approximate surface area is 78.3 Å². The highest BCUT2D eigenvalue weighted by atomic mass is 35.5. The number of alkyl halides is 1. The Bertz CT molecular complexity index is 206. The molecule has 0 aliphatic carbocycles. The van der Waals surface area contributed by atoms with Crippen LogP contribution < -0.4 is 0 Å². The molecule has 1 aromatic rings. The van der Waals surface area contributed by atoms with Gasteiger partial charge in [-0.2, -0.15) is 0 Å². The van der Waals surface area contributed by atoms with Crippen molar-refractivity contribution in [1.82, 2.24) is 0 Å². The number of hydrogen-bond acceptors (Lipinski definition) is 1. The molecule has 65 valence electrons. The van der Waals surface area contributed by atoms with Gasteiger partial charge in [0.15, 0.2) is 0 Å². The molecule has 0 N–H and O–H groups in total. The summed E-state index contributed by atoms with van der Waals surface area (Å²) in [4.78, 5) is 0. The molecule has 0 aliphatic rings. The van der Waals surface area contributed by atoms with Crippen molar-refractivity contribution in [2.45, 2.75) is 12.5 Å². The van der Waals surface area contributed by atoms with E-state index in [1.54, 1.807) is 7.11 Å². The smallest absolute Gasteiger partial charge is 0.0747 e. The number of hydrogen-bond donors (Lipinski definition) is 0. The average molecular weight is 184 g/mol. The van der Waals surface area contributed by atoms with Crippen LogP contribution in [0.1, 0.15) is 5.56 Å². The van der Waals surface area contributed by atoms with Crippen LogP contribution in [0.2, 0.25) is 0 Å². The Morgan fingerprint density at radius 3 is 2.92 bits per heavy atom. The molecule has 1 aromatic carbocycles. The first-order chi connectivity index (χ1) is 5.86. The van der Waals surface area contributed by atoms with E-state index in [9.17, 15) is 0 Å². The zero-order valence-corrected chi connectivity index (χ0v) is 7.84. The molecule has 0 aromatic heterocycles. The first kappa shape index (κ1) is 9.56. The van der Waals surface area contributed by atoms with Gasteiger partial charge in [-0.25, -0.2) is 0 Å². The van der Waals surface area contributed by atoms with Crippen LogP contribution in [0.5, 0.6) is 0 Å². The molecule has 0 aliphatic heterocycles. The number of rotatable bonds is 4. The fourth-order valence-corrected chi connectivity index (χ4v) is 1.24. The SMILES string of the molecule is COC(CCl)Cc1[c]cccc1. The lowest BCUT2D eigenvalue weighted by molar-refractivity contribution is 0.121. The van der Waals surface area contributed by atoms with Crippen LogP contribution in [0.25, 0.3) is 0 Å². The standard InChI is InChI=1S/C10H12ClO/c1-12-10(8-11)7-9-5-3-2-4-6-9/h2-5,10H,7-8H2,1H3. The van der Waals surface area contributed by atoms with E-state index in [0.717, 1.165) is 12.0 Å². The van der Waals surface area contributed by atoms with E-state index in [-0.39, 0.29) is 6.10 Å². The second kappa shape index (κ2) is 5.18. The summed E-state index contributed by atoms with van der Waals surface area (Å²) in [6.45, 7) is 0. The summed E-state index contributed by atoms with van der Waals surface area (Å²) >= 11 is 5.68. The summed E-state index contributed by atoms with van der Waals surface area (Å²) in [5.41, 5.74) is 1.14. The first-order valence-corrected chi connectivity index (χ1v) is 4.44.